The Kier molecular flexibility index (Phi) is 3.24. The molecule has 19 heavy (non-hydrogen) atoms. The maximum Gasteiger partial charge on any atom is 0.180 e. The Morgan fingerprint density at radius 1 is 1.26 bits per heavy atom. The monoisotopic (exact) mass is 384 g/mol. The molecule has 0 saturated heterocycles. The molecule has 0 aliphatic carbocycles. The van der Waals surface area contributed by atoms with Crippen molar-refractivity contribution in [1.82, 2.24) is 14.4 Å². The predicted octanol–water partition coefficient (Wildman–Crippen LogP) is 4.14. The molecule has 0 radical (unpaired) electrons. The number of halogens is 3. The zero-order chi connectivity index (χ0) is 13.4. The van der Waals surface area contributed by atoms with E-state index in [-0.39, 0.29) is 5.82 Å². The van der Waals surface area contributed by atoms with E-state index in [0.717, 1.165) is 4.47 Å². The van der Waals surface area contributed by atoms with E-state index >= 15 is 0 Å². The normalized spacial score (nSPS) is 10.9. The van der Waals surface area contributed by atoms with Crippen LogP contribution in [0.25, 0.3) is 5.65 Å². The number of fused-ring (bicyclic) bond motifs is 1. The van der Waals surface area contributed by atoms with Crippen molar-refractivity contribution in [2.45, 2.75) is 0 Å². The number of rotatable bonds is 2. The molecular weight excluding hydrogens is 379 g/mol. The van der Waals surface area contributed by atoms with Crippen molar-refractivity contribution in [3.8, 4) is 0 Å². The second-order valence-electron chi connectivity index (χ2n) is 3.82. The molecule has 3 rings (SSSR count). The van der Waals surface area contributed by atoms with E-state index in [2.05, 4.69) is 47.1 Å². The van der Waals surface area contributed by atoms with Crippen LogP contribution in [0, 0.1) is 5.82 Å². The van der Waals surface area contributed by atoms with Gasteiger partial charge in [-0.2, -0.15) is 0 Å². The first-order chi connectivity index (χ1) is 9.13. The molecule has 0 atom stereocenters. The van der Waals surface area contributed by atoms with E-state index in [0.29, 0.717) is 21.8 Å². The summed E-state index contributed by atoms with van der Waals surface area (Å²) in [6, 6.07) is 4.42. The van der Waals surface area contributed by atoms with E-state index in [9.17, 15) is 4.39 Å². The van der Waals surface area contributed by atoms with E-state index in [1.165, 1.54) is 12.1 Å². The molecule has 0 spiro atoms. The summed E-state index contributed by atoms with van der Waals surface area (Å²) in [5.41, 5.74) is 1.26. The second-order valence-corrected chi connectivity index (χ2v) is 5.49. The van der Waals surface area contributed by atoms with Crippen LogP contribution in [-0.4, -0.2) is 14.4 Å². The smallest absolute Gasteiger partial charge is 0.180 e. The first kappa shape index (κ1) is 12.6. The Morgan fingerprint density at radius 2 is 2.11 bits per heavy atom. The van der Waals surface area contributed by atoms with E-state index in [4.69, 9.17) is 0 Å². The minimum absolute atomic E-state index is 0.319. The van der Waals surface area contributed by atoms with Gasteiger partial charge in [0, 0.05) is 23.1 Å². The van der Waals surface area contributed by atoms with Crippen LogP contribution in [0.2, 0.25) is 0 Å². The molecular formula is C12H7Br2FN4. The first-order valence-electron chi connectivity index (χ1n) is 5.35. The number of aromatic nitrogens is 3. The van der Waals surface area contributed by atoms with Crippen molar-refractivity contribution in [3.63, 3.8) is 0 Å². The van der Waals surface area contributed by atoms with Crippen LogP contribution in [-0.2, 0) is 0 Å². The van der Waals surface area contributed by atoms with Gasteiger partial charge in [-0.3, -0.25) is 0 Å². The van der Waals surface area contributed by atoms with Gasteiger partial charge in [0.1, 0.15) is 10.4 Å². The number of benzene rings is 1. The van der Waals surface area contributed by atoms with Crippen molar-refractivity contribution < 1.29 is 4.39 Å². The van der Waals surface area contributed by atoms with Gasteiger partial charge in [-0.05, 0) is 50.1 Å². The zero-order valence-electron chi connectivity index (χ0n) is 9.44. The summed E-state index contributed by atoms with van der Waals surface area (Å²) >= 11 is 6.69. The molecule has 0 amide bonds. The Morgan fingerprint density at radius 3 is 2.95 bits per heavy atom. The molecule has 3 aromatic rings. The van der Waals surface area contributed by atoms with Gasteiger partial charge >= 0.3 is 0 Å². The third kappa shape index (κ3) is 2.48. The summed E-state index contributed by atoms with van der Waals surface area (Å²) < 4.78 is 16.5. The quantitative estimate of drug-likeness (QED) is 0.720. The van der Waals surface area contributed by atoms with Crippen LogP contribution in [0.5, 0.6) is 0 Å². The maximum absolute atomic E-state index is 13.3. The van der Waals surface area contributed by atoms with Gasteiger partial charge in [0.25, 0.3) is 0 Å². The number of hydrogen-bond donors (Lipinski definition) is 1. The van der Waals surface area contributed by atoms with Gasteiger partial charge in [-0.1, -0.05) is 0 Å². The van der Waals surface area contributed by atoms with Crippen LogP contribution in [0.1, 0.15) is 0 Å². The fraction of sp³-hybridized carbons (Fsp3) is 0. The minimum atomic E-state index is -0.319. The Hall–Kier alpha value is -1.47. The van der Waals surface area contributed by atoms with Gasteiger partial charge in [-0.25, -0.2) is 14.4 Å². The molecule has 0 saturated carbocycles. The lowest BCUT2D eigenvalue weighted by Gasteiger charge is -2.09. The highest BCUT2D eigenvalue weighted by Crippen LogP contribution is 2.28. The third-order valence-electron chi connectivity index (χ3n) is 2.53. The number of anilines is 2. The number of nitrogens with one attached hydrogen (secondary N) is 1. The summed E-state index contributed by atoms with van der Waals surface area (Å²) in [6.45, 7) is 0. The minimum Gasteiger partial charge on any atom is -0.336 e. The Balaban J connectivity index is 2.10. The average Bonchev–Trinajstić information content (AvgIpc) is 2.82. The van der Waals surface area contributed by atoms with Crippen LogP contribution in [0.4, 0.5) is 15.9 Å². The Labute approximate surface area is 124 Å². The van der Waals surface area contributed by atoms with Crippen LogP contribution in [0.3, 0.4) is 0 Å². The highest BCUT2D eigenvalue weighted by molar-refractivity contribution is 9.10. The number of nitrogens with zero attached hydrogens (tertiary/aromatic N) is 3. The molecule has 1 N–H and O–H groups in total. The lowest BCUT2D eigenvalue weighted by molar-refractivity contribution is 0.628. The van der Waals surface area contributed by atoms with Gasteiger partial charge in [0.15, 0.2) is 11.5 Å². The molecule has 0 unspecified atom stereocenters. The first-order valence-corrected chi connectivity index (χ1v) is 6.93. The molecule has 0 aliphatic heterocycles. The molecule has 0 fully saturated rings. The van der Waals surface area contributed by atoms with Crippen molar-refractivity contribution in [1.29, 1.82) is 0 Å². The van der Waals surface area contributed by atoms with Gasteiger partial charge in [0.05, 0.1) is 5.69 Å². The highest BCUT2D eigenvalue weighted by Gasteiger charge is 2.09. The number of imidazole rings is 1. The van der Waals surface area contributed by atoms with Crippen LogP contribution < -0.4 is 5.32 Å². The lowest BCUT2D eigenvalue weighted by Crippen LogP contribution is -1.99. The molecule has 4 nitrogen and oxygen atoms in total. The standard InChI is InChI=1S/C12H7Br2FN4/c13-8-2-1-7(15)5-9(8)17-11-12-16-3-4-19(12)6-10(14)18-11/h1-6H,(H,17,18). The molecule has 2 heterocycles. The van der Waals surface area contributed by atoms with E-state index in [1.807, 2.05) is 10.6 Å². The summed E-state index contributed by atoms with van der Waals surface area (Å²) in [6.07, 6.45) is 5.29. The third-order valence-corrected chi connectivity index (χ3v) is 3.60. The SMILES string of the molecule is Fc1ccc(Br)c(Nc2nc(Br)cn3ccnc23)c1. The van der Waals surface area contributed by atoms with E-state index in [1.54, 1.807) is 18.5 Å². The molecule has 1 aromatic carbocycles. The summed E-state index contributed by atoms with van der Waals surface area (Å²) in [4.78, 5) is 8.53. The topological polar surface area (TPSA) is 42.2 Å². The van der Waals surface area contributed by atoms with Gasteiger partial charge in [0.2, 0.25) is 0 Å². The fourth-order valence-corrected chi connectivity index (χ4v) is 2.45. The summed E-state index contributed by atoms with van der Waals surface area (Å²) in [7, 11) is 0. The summed E-state index contributed by atoms with van der Waals surface area (Å²) in [5.74, 6) is 0.228. The van der Waals surface area contributed by atoms with Crippen molar-refractivity contribution in [2.24, 2.45) is 0 Å². The molecule has 2 aromatic heterocycles. The highest BCUT2D eigenvalue weighted by atomic mass is 79.9. The van der Waals surface area contributed by atoms with Gasteiger partial charge < -0.3 is 9.72 Å². The molecule has 7 heteroatoms. The van der Waals surface area contributed by atoms with Crippen molar-refractivity contribution in [2.75, 3.05) is 5.32 Å². The lowest BCUT2D eigenvalue weighted by atomic mass is 10.3. The Bertz CT molecular complexity index is 757. The molecule has 0 aliphatic rings. The van der Waals surface area contributed by atoms with Crippen LogP contribution >= 0.6 is 31.9 Å². The van der Waals surface area contributed by atoms with E-state index < -0.39 is 0 Å². The maximum atomic E-state index is 13.3. The second kappa shape index (κ2) is 4.90. The molecule has 96 valence electrons. The van der Waals surface area contributed by atoms with Crippen molar-refractivity contribution >= 4 is 49.0 Å². The fourth-order valence-electron chi connectivity index (χ4n) is 1.71. The molecule has 0 bridgehead atoms. The summed E-state index contributed by atoms with van der Waals surface area (Å²) in [5, 5.41) is 3.07. The van der Waals surface area contributed by atoms with Crippen LogP contribution in [0.15, 0.2) is 45.9 Å². The zero-order valence-corrected chi connectivity index (χ0v) is 12.6. The van der Waals surface area contributed by atoms with Gasteiger partial charge in [-0.15, -0.1) is 0 Å². The average molecular weight is 386 g/mol. The predicted molar refractivity (Wildman–Crippen MR) is 78.1 cm³/mol. The van der Waals surface area contributed by atoms with Crippen molar-refractivity contribution in [3.05, 3.63) is 51.7 Å². The number of hydrogen-bond acceptors (Lipinski definition) is 3. The largest absolute Gasteiger partial charge is 0.336 e.